The van der Waals surface area contributed by atoms with Gasteiger partial charge in [0.15, 0.2) is 0 Å². The summed E-state index contributed by atoms with van der Waals surface area (Å²) in [6.07, 6.45) is 0. The number of carbonyl (C=O) groups excluding carboxylic acids is 1. The molecule has 26 heavy (non-hydrogen) atoms. The van der Waals surface area contributed by atoms with E-state index in [9.17, 15) is 4.79 Å². The number of anilines is 2. The summed E-state index contributed by atoms with van der Waals surface area (Å²) < 4.78 is 5.64. The lowest BCUT2D eigenvalue weighted by Crippen LogP contribution is -2.22. The molecule has 3 rings (SSSR count). The minimum Gasteiger partial charge on any atom is -0.438 e. The largest absolute Gasteiger partial charge is 0.438 e. The molecule has 0 radical (unpaired) electrons. The highest BCUT2D eigenvalue weighted by Crippen LogP contribution is 2.22. The van der Waals surface area contributed by atoms with Crippen molar-refractivity contribution in [3.8, 4) is 0 Å². The number of nitrogens with one attached hydrogen (secondary N) is 2. The summed E-state index contributed by atoms with van der Waals surface area (Å²) in [7, 11) is 0. The number of amides is 1. The average Bonchev–Trinajstić information content (AvgIpc) is 2.64. The van der Waals surface area contributed by atoms with Crippen LogP contribution in [0, 0.1) is 12.3 Å². The van der Waals surface area contributed by atoms with Gasteiger partial charge >= 0.3 is 0 Å². The van der Waals surface area contributed by atoms with E-state index in [0.29, 0.717) is 5.58 Å². The lowest BCUT2D eigenvalue weighted by atomic mass is 10.1. The van der Waals surface area contributed by atoms with E-state index in [-0.39, 0.29) is 17.0 Å². The Morgan fingerprint density at radius 2 is 1.85 bits per heavy atom. The van der Waals surface area contributed by atoms with Gasteiger partial charge < -0.3 is 14.6 Å². The fourth-order valence-corrected chi connectivity index (χ4v) is 2.97. The normalized spacial score (nSPS) is 10.7. The first-order valence-corrected chi connectivity index (χ1v) is 8.78. The molecule has 0 atom stereocenters. The van der Waals surface area contributed by atoms with Crippen LogP contribution in [0.3, 0.4) is 0 Å². The third-order valence-corrected chi connectivity index (χ3v) is 4.52. The smallest absolute Gasteiger partial charge is 0.261 e. The zero-order valence-corrected chi connectivity index (χ0v) is 15.3. The van der Waals surface area contributed by atoms with Gasteiger partial charge in [-0.05, 0) is 50.6 Å². The Hall–Kier alpha value is -3.08. The molecule has 2 N–H and O–H groups in total. The van der Waals surface area contributed by atoms with Gasteiger partial charge in [0.2, 0.25) is 5.55 Å². The Labute approximate surface area is 152 Å². The minimum atomic E-state index is -0.345. The Morgan fingerprint density at radius 3 is 2.54 bits per heavy atom. The quantitative estimate of drug-likeness (QED) is 0.721. The monoisotopic (exact) mass is 349 g/mol. The summed E-state index contributed by atoms with van der Waals surface area (Å²) in [5, 5.41) is 11.8. The third-order valence-electron chi connectivity index (χ3n) is 4.52. The number of rotatable bonds is 5. The van der Waals surface area contributed by atoms with Crippen LogP contribution in [-0.4, -0.2) is 19.0 Å². The first-order valence-electron chi connectivity index (χ1n) is 8.78. The fraction of sp³-hybridized carbons (Fsp3) is 0.238. The molecule has 5 heteroatoms. The Balaban J connectivity index is 1.96. The van der Waals surface area contributed by atoms with E-state index in [0.717, 1.165) is 35.4 Å². The van der Waals surface area contributed by atoms with Crippen molar-refractivity contribution in [2.45, 2.75) is 20.8 Å². The molecular formula is C21H23N3O2. The van der Waals surface area contributed by atoms with Crippen molar-refractivity contribution in [2.24, 2.45) is 0 Å². The van der Waals surface area contributed by atoms with Gasteiger partial charge in [0.25, 0.3) is 5.91 Å². The number of fused-ring (bicyclic) bond motifs is 1. The molecule has 1 heterocycles. The molecule has 5 nitrogen and oxygen atoms in total. The Morgan fingerprint density at radius 1 is 1.12 bits per heavy atom. The van der Waals surface area contributed by atoms with E-state index in [1.54, 1.807) is 6.07 Å². The number of nitrogens with zero attached hydrogens (tertiary/aromatic N) is 1. The van der Waals surface area contributed by atoms with Crippen LogP contribution in [0.25, 0.3) is 11.0 Å². The van der Waals surface area contributed by atoms with E-state index in [1.165, 1.54) is 0 Å². The molecule has 0 fully saturated rings. The molecule has 3 aromatic rings. The van der Waals surface area contributed by atoms with Gasteiger partial charge in [-0.3, -0.25) is 10.2 Å². The van der Waals surface area contributed by atoms with Gasteiger partial charge in [-0.15, -0.1) is 0 Å². The molecule has 1 amide bonds. The van der Waals surface area contributed by atoms with Crippen molar-refractivity contribution in [3.05, 3.63) is 65.2 Å². The Kier molecular flexibility index (Phi) is 5.07. The van der Waals surface area contributed by atoms with Gasteiger partial charge in [-0.25, -0.2) is 0 Å². The predicted octanol–water partition coefficient (Wildman–Crippen LogP) is 4.32. The number of aryl methyl sites for hydroxylation is 1. The fourth-order valence-electron chi connectivity index (χ4n) is 2.97. The van der Waals surface area contributed by atoms with E-state index in [1.807, 2.05) is 49.4 Å². The van der Waals surface area contributed by atoms with Gasteiger partial charge in [0.1, 0.15) is 11.1 Å². The van der Waals surface area contributed by atoms with E-state index in [2.05, 4.69) is 24.1 Å². The van der Waals surface area contributed by atoms with Crippen LogP contribution in [0.5, 0.6) is 0 Å². The maximum Gasteiger partial charge on any atom is 0.261 e. The lowest BCUT2D eigenvalue weighted by molar-refractivity contribution is 0.102. The maximum absolute atomic E-state index is 12.6. The number of benzene rings is 2. The number of hydrogen-bond acceptors (Lipinski definition) is 4. The lowest BCUT2D eigenvalue weighted by Gasteiger charge is -2.21. The molecule has 0 saturated carbocycles. The van der Waals surface area contributed by atoms with Crippen LogP contribution in [0.15, 0.2) is 52.9 Å². The molecule has 0 bridgehead atoms. The van der Waals surface area contributed by atoms with Crippen LogP contribution in [0.1, 0.15) is 29.8 Å². The van der Waals surface area contributed by atoms with Gasteiger partial charge in [0.05, 0.1) is 0 Å². The van der Waals surface area contributed by atoms with Gasteiger partial charge in [-0.2, -0.15) is 0 Å². The van der Waals surface area contributed by atoms with Crippen molar-refractivity contribution < 1.29 is 9.21 Å². The Bertz CT molecular complexity index is 1000. The summed E-state index contributed by atoms with van der Waals surface area (Å²) in [6.45, 7) is 7.91. The van der Waals surface area contributed by atoms with E-state index < -0.39 is 0 Å². The summed E-state index contributed by atoms with van der Waals surface area (Å²) >= 11 is 0. The van der Waals surface area contributed by atoms with E-state index >= 15 is 0 Å². The van der Waals surface area contributed by atoms with Crippen molar-refractivity contribution >= 4 is 28.3 Å². The highest BCUT2D eigenvalue weighted by Gasteiger charge is 2.13. The van der Waals surface area contributed by atoms with Crippen LogP contribution >= 0.6 is 0 Å². The first-order chi connectivity index (χ1) is 12.5. The zero-order valence-electron chi connectivity index (χ0n) is 15.3. The highest BCUT2D eigenvalue weighted by atomic mass is 16.3. The second-order valence-electron chi connectivity index (χ2n) is 6.15. The second kappa shape index (κ2) is 7.44. The van der Waals surface area contributed by atoms with Gasteiger partial charge in [-0.1, -0.05) is 18.2 Å². The van der Waals surface area contributed by atoms with Crippen LogP contribution < -0.4 is 15.8 Å². The molecule has 0 aliphatic heterocycles. The molecule has 134 valence electrons. The molecule has 1 aromatic heterocycles. The van der Waals surface area contributed by atoms with Crippen LogP contribution in [-0.2, 0) is 0 Å². The van der Waals surface area contributed by atoms with Crippen LogP contribution in [0.4, 0.5) is 11.4 Å². The highest BCUT2D eigenvalue weighted by molar-refractivity contribution is 6.05. The van der Waals surface area contributed by atoms with Crippen molar-refractivity contribution in [1.82, 2.24) is 0 Å². The third kappa shape index (κ3) is 3.47. The molecular weight excluding hydrogens is 326 g/mol. The van der Waals surface area contributed by atoms with Gasteiger partial charge in [0, 0.05) is 35.9 Å². The molecule has 0 saturated heterocycles. The zero-order chi connectivity index (χ0) is 18.7. The summed E-state index contributed by atoms with van der Waals surface area (Å²) in [5.41, 5.74) is 3.43. The maximum atomic E-state index is 12.6. The van der Waals surface area contributed by atoms with E-state index in [4.69, 9.17) is 9.83 Å². The number of hydrogen-bond donors (Lipinski definition) is 2. The minimum absolute atomic E-state index is 0.139. The predicted molar refractivity (Wildman–Crippen MR) is 105 cm³/mol. The number of para-hydroxylation sites is 1. The number of carbonyl (C=O) groups is 1. The first kappa shape index (κ1) is 17.7. The second-order valence-corrected chi connectivity index (χ2v) is 6.15. The van der Waals surface area contributed by atoms with Crippen molar-refractivity contribution in [3.63, 3.8) is 0 Å². The standard InChI is InChI=1S/C21H23N3O2/c1-4-24(5-2)16-11-10-15-12-17(20(22)26-19(15)13-16)21(25)23-18-9-7-6-8-14(18)3/h6-13,22H,4-5H2,1-3H3,(H,23,25). The SMILES string of the molecule is CCN(CC)c1ccc2cc(C(=O)Nc3ccccc3C)c(=N)oc2c1. The summed E-state index contributed by atoms with van der Waals surface area (Å²) in [5.74, 6) is -0.345. The van der Waals surface area contributed by atoms with Crippen LogP contribution in [0.2, 0.25) is 0 Å². The molecule has 0 unspecified atom stereocenters. The van der Waals surface area contributed by atoms with Crippen molar-refractivity contribution in [2.75, 3.05) is 23.3 Å². The molecule has 0 aliphatic carbocycles. The molecule has 0 aliphatic rings. The molecule has 0 spiro atoms. The summed E-state index contributed by atoms with van der Waals surface area (Å²) in [4.78, 5) is 14.8. The van der Waals surface area contributed by atoms with Crippen molar-refractivity contribution in [1.29, 1.82) is 5.41 Å². The molecule has 2 aromatic carbocycles. The topological polar surface area (TPSA) is 69.3 Å². The average molecular weight is 349 g/mol. The summed E-state index contributed by atoms with van der Waals surface area (Å²) in [6, 6.07) is 15.1.